The Morgan fingerprint density at radius 3 is 2.08 bits per heavy atom. The molecule has 0 aromatic heterocycles. The van der Waals surface area contributed by atoms with Crippen LogP contribution in [0.15, 0.2) is 29.2 Å². The van der Waals surface area contributed by atoms with E-state index in [4.69, 9.17) is 9.47 Å². The lowest BCUT2D eigenvalue weighted by atomic mass is 10.1. The van der Waals surface area contributed by atoms with Crippen LogP contribution in [0.5, 0.6) is 0 Å². The Bertz CT molecular complexity index is 732. The summed E-state index contributed by atoms with van der Waals surface area (Å²) in [5.41, 5.74) is -0.0209. The quantitative estimate of drug-likeness (QED) is 0.755. The molecule has 1 aromatic carbocycles. The second kappa shape index (κ2) is 8.53. The van der Waals surface area contributed by atoms with Gasteiger partial charge in [0.15, 0.2) is 9.84 Å². The van der Waals surface area contributed by atoms with Crippen LogP contribution in [0.4, 0.5) is 4.79 Å². The number of ether oxygens (including phenoxy) is 2. The van der Waals surface area contributed by atoms with Crippen molar-refractivity contribution < 1.29 is 27.5 Å². The zero-order valence-corrected chi connectivity index (χ0v) is 16.8. The Hall–Kier alpha value is -2.09. The topological polar surface area (TPSA) is 98.8 Å². The third-order valence-electron chi connectivity index (χ3n) is 3.12. The van der Waals surface area contributed by atoms with Gasteiger partial charge < -0.3 is 14.8 Å². The Kier molecular flexibility index (Phi) is 7.20. The number of carbonyl (C=O) groups excluding carboxylic acids is 2. The molecular formula is C18H27NO6S. The van der Waals surface area contributed by atoms with Gasteiger partial charge in [-0.1, -0.05) is 12.1 Å². The first kappa shape index (κ1) is 22.0. The standard InChI is InChI=1S/C18H27NO6S/c1-12(2)24-16(20)15(19-17(21)25-18(3,4)5)11-13-7-9-14(10-8-13)26(6,22)23/h7-10,12,15H,11H2,1-6H3,(H,19,21). The van der Waals surface area contributed by atoms with Crippen LogP contribution in [0.2, 0.25) is 0 Å². The monoisotopic (exact) mass is 385 g/mol. The molecule has 0 aliphatic rings. The second-order valence-electron chi connectivity index (χ2n) is 7.30. The molecule has 0 radical (unpaired) electrons. The van der Waals surface area contributed by atoms with Gasteiger partial charge in [0.1, 0.15) is 11.6 Å². The largest absolute Gasteiger partial charge is 0.461 e. The number of nitrogens with one attached hydrogen (secondary N) is 1. The fourth-order valence-corrected chi connectivity index (χ4v) is 2.70. The Labute approximate surface area is 155 Å². The second-order valence-corrected chi connectivity index (χ2v) is 9.32. The highest BCUT2D eigenvalue weighted by Crippen LogP contribution is 2.13. The van der Waals surface area contributed by atoms with E-state index in [1.54, 1.807) is 46.8 Å². The number of alkyl carbamates (subject to hydrolysis) is 1. The first-order valence-electron chi connectivity index (χ1n) is 8.27. The van der Waals surface area contributed by atoms with E-state index in [-0.39, 0.29) is 17.4 Å². The van der Waals surface area contributed by atoms with E-state index >= 15 is 0 Å². The third-order valence-corrected chi connectivity index (χ3v) is 4.25. The van der Waals surface area contributed by atoms with Crippen molar-refractivity contribution >= 4 is 21.9 Å². The van der Waals surface area contributed by atoms with Crippen molar-refractivity contribution in [3.05, 3.63) is 29.8 Å². The van der Waals surface area contributed by atoms with E-state index in [0.29, 0.717) is 5.56 Å². The van der Waals surface area contributed by atoms with Gasteiger partial charge in [-0.25, -0.2) is 18.0 Å². The SMILES string of the molecule is CC(C)OC(=O)C(Cc1ccc(S(C)(=O)=O)cc1)NC(=O)OC(C)(C)C. The molecule has 0 saturated heterocycles. The lowest BCUT2D eigenvalue weighted by Crippen LogP contribution is -2.46. The molecule has 7 nitrogen and oxygen atoms in total. The van der Waals surface area contributed by atoms with Crippen LogP contribution in [0, 0.1) is 0 Å². The van der Waals surface area contributed by atoms with E-state index in [1.807, 2.05) is 0 Å². The average Bonchev–Trinajstić information content (AvgIpc) is 2.43. The predicted molar refractivity (Wildman–Crippen MR) is 97.6 cm³/mol. The van der Waals surface area contributed by atoms with Gasteiger partial charge in [0, 0.05) is 12.7 Å². The van der Waals surface area contributed by atoms with Crippen LogP contribution in [-0.4, -0.2) is 44.5 Å². The number of rotatable bonds is 6. The Morgan fingerprint density at radius 2 is 1.65 bits per heavy atom. The minimum atomic E-state index is -3.30. The summed E-state index contributed by atoms with van der Waals surface area (Å²) in [4.78, 5) is 24.5. The maximum absolute atomic E-state index is 12.3. The lowest BCUT2D eigenvalue weighted by molar-refractivity contribution is -0.149. The summed E-state index contributed by atoms with van der Waals surface area (Å²) in [5.74, 6) is -0.585. The molecule has 0 aliphatic carbocycles. The molecule has 0 heterocycles. The van der Waals surface area contributed by atoms with Gasteiger partial charge in [0.2, 0.25) is 0 Å². The molecule has 0 spiro atoms. The van der Waals surface area contributed by atoms with Crippen LogP contribution in [0.1, 0.15) is 40.2 Å². The van der Waals surface area contributed by atoms with Gasteiger partial charge in [-0.15, -0.1) is 0 Å². The number of carbonyl (C=O) groups is 2. The number of benzene rings is 1. The number of hydrogen-bond donors (Lipinski definition) is 1. The van der Waals surface area contributed by atoms with E-state index in [9.17, 15) is 18.0 Å². The van der Waals surface area contributed by atoms with Gasteiger partial charge in [0.25, 0.3) is 0 Å². The van der Waals surface area contributed by atoms with Crippen molar-refractivity contribution in [3.8, 4) is 0 Å². The van der Waals surface area contributed by atoms with E-state index in [0.717, 1.165) is 6.26 Å². The van der Waals surface area contributed by atoms with Gasteiger partial charge >= 0.3 is 12.1 Å². The molecule has 1 aromatic rings. The van der Waals surface area contributed by atoms with Crippen LogP contribution in [0.3, 0.4) is 0 Å². The van der Waals surface area contributed by atoms with Crippen molar-refractivity contribution in [3.63, 3.8) is 0 Å². The highest BCUT2D eigenvalue weighted by molar-refractivity contribution is 7.90. The first-order valence-corrected chi connectivity index (χ1v) is 10.2. The molecule has 1 rings (SSSR count). The number of esters is 1. The van der Waals surface area contributed by atoms with Gasteiger partial charge in [0.05, 0.1) is 11.0 Å². The van der Waals surface area contributed by atoms with Crippen molar-refractivity contribution in [1.29, 1.82) is 0 Å². The molecule has 0 aliphatic heterocycles. The van der Waals surface area contributed by atoms with E-state index in [2.05, 4.69) is 5.32 Å². The molecule has 0 fully saturated rings. The Balaban J connectivity index is 2.94. The summed E-state index contributed by atoms with van der Waals surface area (Å²) >= 11 is 0. The summed E-state index contributed by atoms with van der Waals surface area (Å²) < 4.78 is 33.4. The van der Waals surface area contributed by atoms with Crippen LogP contribution >= 0.6 is 0 Å². The molecule has 1 atom stereocenters. The maximum Gasteiger partial charge on any atom is 0.408 e. The van der Waals surface area contributed by atoms with E-state index < -0.39 is 33.5 Å². The molecule has 1 amide bonds. The molecule has 8 heteroatoms. The Morgan fingerprint density at radius 1 is 1.12 bits per heavy atom. The lowest BCUT2D eigenvalue weighted by Gasteiger charge is -2.23. The van der Waals surface area contributed by atoms with Crippen LogP contribution < -0.4 is 5.32 Å². The molecule has 1 N–H and O–H groups in total. The average molecular weight is 385 g/mol. The maximum atomic E-state index is 12.3. The van der Waals surface area contributed by atoms with Crippen LogP contribution in [0.25, 0.3) is 0 Å². The van der Waals surface area contributed by atoms with Crippen molar-refractivity contribution in [2.45, 2.75) is 63.7 Å². The zero-order valence-electron chi connectivity index (χ0n) is 16.0. The van der Waals surface area contributed by atoms with Gasteiger partial charge in [-0.2, -0.15) is 0 Å². The number of amides is 1. The minimum Gasteiger partial charge on any atom is -0.461 e. The summed E-state index contributed by atoms with van der Waals surface area (Å²) in [7, 11) is -3.30. The summed E-state index contributed by atoms with van der Waals surface area (Å²) in [5, 5.41) is 2.52. The molecule has 0 bridgehead atoms. The summed E-state index contributed by atoms with van der Waals surface area (Å²) in [6.45, 7) is 8.58. The fourth-order valence-electron chi connectivity index (χ4n) is 2.07. The van der Waals surface area contributed by atoms with Gasteiger partial charge in [-0.05, 0) is 52.3 Å². The minimum absolute atomic E-state index is 0.148. The highest BCUT2D eigenvalue weighted by Gasteiger charge is 2.26. The van der Waals surface area contributed by atoms with Crippen molar-refractivity contribution in [2.75, 3.05) is 6.26 Å². The highest BCUT2D eigenvalue weighted by atomic mass is 32.2. The van der Waals surface area contributed by atoms with Gasteiger partial charge in [-0.3, -0.25) is 0 Å². The first-order chi connectivity index (χ1) is 11.8. The smallest absolute Gasteiger partial charge is 0.408 e. The molecular weight excluding hydrogens is 358 g/mol. The molecule has 1 unspecified atom stereocenters. The molecule has 0 saturated carbocycles. The van der Waals surface area contributed by atoms with Crippen molar-refractivity contribution in [1.82, 2.24) is 5.32 Å². The van der Waals surface area contributed by atoms with Crippen LogP contribution in [-0.2, 0) is 30.5 Å². The van der Waals surface area contributed by atoms with Crippen molar-refractivity contribution in [2.24, 2.45) is 0 Å². The van der Waals surface area contributed by atoms with E-state index in [1.165, 1.54) is 12.1 Å². The summed E-state index contributed by atoms with van der Waals surface area (Å²) in [6.07, 6.45) is 0.206. The number of sulfone groups is 1. The third kappa shape index (κ3) is 7.86. The molecule has 26 heavy (non-hydrogen) atoms. The molecule has 146 valence electrons. The number of hydrogen-bond acceptors (Lipinski definition) is 6. The fraction of sp³-hybridized carbons (Fsp3) is 0.556. The normalized spacial score (nSPS) is 13.2. The summed E-state index contributed by atoms with van der Waals surface area (Å²) in [6, 6.07) is 5.17. The zero-order chi connectivity index (χ0) is 20.1. The predicted octanol–water partition coefficient (Wildman–Crippen LogP) is 2.48.